The van der Waals surface area contributed by atoms with Crippen LogP contribution < -0.4 is 5.32 Å². The van der Waals surface area contributed by atoms with Crippen LogP contribution in [0.15, 0.2) is 42.5 Å². The molecule has 24 heavy (non-hydrogen) atoms. The van der Waals surface area contributed by atoms with Gasteiger partial charge in [-0.1, -0.05) is 48.3 Å². The second-order valence-electron chi connectivity index (χ2n) is 5.18. The number of carbonyl (C=O) groups is 2. The van der Waals surface area contributed by atoms with Crippen molar-refractivity contribution in [3.8, 4) is 0 Å². The van der Waals surface area contributed by atoms with Crippen molar-refractivity contribution in [1.82, 2.24) is 0 Å². The Morgan fingerprint density at radius 1 is 1.08 bits per heavy atom. The van der Waals surface area contributed by atoms with E-state index in [1.165, 1.54) is 24.6 Å². The van der Waals surface area contributed by atoms with Crippen molar-refractivity contribution >= 4 is 40.8 Å². The predicted molar refractivity (Wildman–Crippen MR) is 95.8 cm³/mol. The number of carbonyl (C=O) groups excluding carboxylic acids is 2. The number of rotatable bonds is 5. The van der Waals surface area contributed by atoms with Gasteiger partial charge in [0.2, 0.25) is 0 Å². The number of halogens is 2. The molecule has 6 heteroatoms. The van der Waals surface area contributed by atoms with Crippen molar-refractivity contribution in [3.05, 3.63) is 63.6 Å². The van der Waals surface area contributed by atoms with Crippen molar-refractivity contribution in [2.75, 3.05) is 5.32 Å². The molecule has 2 rings (SSSR count). The number of amides is 1. The molecular weight excluding hydrogens is 349 g/mol. The first-order valence-electron chi connectivity index (χ1n) is 7.47. The first-order valence-corrected chi connectivity index (χ1v) is 8.22. The zero-order valence-corrected chi connectivity index (χ0v) is 14.8. The first-order chi connectivity index (χ1) is 11.4. The summed E-state index contributed by atoms with van der Waals surface area (Å²) < 4.78 is 5.16. The largest absolute Gasteiger partial charge is 0.449 e. The van der Waals surface area contributed by atoms with Crippen molar-refractivity contribution in [3.63, 3.8) is 0 Å². The maximum absolute atomic E-state index is 12.2. The van der Waals surface area contributed by atoms with Gasteiger partial charge in [0.05, 0.1) is 15.6 Å². The van der Waals surface area contributed by atoms with Gasteiger partial charge in [0.15, 0.2) is 6.10 Å². The number of aryl methyl sites for hydroxylation is 1. The van der Waals surface area contributed by atoms with E-state index in [1.807, 2.05) is 12.1 Å². The molecule has 0 radical (unpaired) electrons. The molecule has 1 amide bonds. The molecule has 2 aromatic rings. The summed E-state index contributed by atoms with van der Waals surface area (Å²) in [4.78, 5) is 24.3. The second-order valence-corrected chi connectivity index (χ2v) is 6.00. The lowest BCUT2D eigenvalue weighted by Crippen LogP contribution is -2.30. The molecule has 0 bridgehead atoms. The number of nitrogens with one attached hydrogen (secondary N) is 1. The number of hydrogen-bond acceptors (Lipinski definition) is 3. The number of anilines is 1. The van der Waals surface area contributed by atoms with Gasteiger partial charge in [0.1, 0.15) is 0 Å². The van der Waals surface area contributed by atoms with Gasteiger partial charge in [-0.05, 0) is 43.2 Å². The van der Waals surface area contributed by atoms with E-state index in [0.29, 0.717) is 5.69 Å². The van der Waals surface area contributed by atoms with Crippen LogP contribution in [0.1, 0.15) is 29.8 Å². The standard InChI is InChI=1S/C18H17Cl2NO3/c1-3-12-7-9-13(10-8-12)21-17(22)11(2)24-18(23)16-14(19)5-4-6-15(16)20/h4-11H,3H2,1-2H3,(H,21,22)/t11-/m1/s1. The van der Waals surface area contributed by atoms with Gasteiger partial charge in [-0.3, -0.25) is 4.79 Å². The molecule has 1 N–H and O–H groups in total. The van der Waals surface area contributed by atoms with Crippen LogP contribution in [0, 0.1) is 0 Å². The average Bonchev–Trinajstić information content (AvgIpc) is 2.55. The molecule has 0 unspecified atom stereocenters. The molecule has 0 aromatic heterocycles. The summed E-state index contributed by atoms with van der Waals surface area (Å²) in [6.07, 6.45) is -0.0726. The van der Waals surface area contributed by atoms with Crippen LogP contribution in [-0.2, 0) is 16.0 Å². The maximum atomic E-state index is 12.2. The Bertz CT molecular complexity index is 724. The lowest BCUT2D eigenvalue weighted by atomic mass is 10.1. The van der Waals surface area contributed by atoms with E-state index in [-0.39, 0.29) is 15.6 Å². The summed E-state index contributed by atoms with van der Waals surface area (Å²) in [6.45, 7) is 3.54. The molecule has 4 nitrogen and oxygen atoms in total. The fourth-order valence-electron chi connectivity index (χ4n) is 2.03. The van der Waals surface area contributed by atoms with Crippen molar-refractivity contribution in [2.45, 2.75) is 26.4 Å². The Kier molecular flexibility index (Phi) is 6.23. The van der Waals surface area contributed by atoms with Crippen LogP contribution in [0.4, 0.5) is 5.69 Å². The van der Waals surface area contributed by atoms with Gasteiger partial charge in [-0.2, -0.15) is 0 Å². The highest BCUT2D eigenvalue weighted by molar-refractivity contribution is 6.39. The fourth-order valence-corrected chi connectivity index (χ4v) is 2.59. The Morgan fingerprint density at radius 3 is 2.21 bits per heavy atom. The summed E-state index contributed by atoms with van der Waals surface area (Å²) in [6, 6.07) is 12.1. The van der Waals surface area contributed by atoms with Crippen molar-refractivity contribution in [1.29, 1.82) is 0 Å². The lowest BCUT2D eigenvalue weighted by molar-refractivity contribution is -0.123. The number of ether oxygens (including phenoxy) is 1. The van der Waals surface area contributed by atoms with E-state index < -0.39 is 18.0 Å². The molecule has 0 fully saturated rings. The Labute approximate surface area is 150 Å². The molecular formula is C18H17Cl2NO3. The van der Waals surface area contributed by atoms with Crippen LogP contribution in [0.3, 0.4) is 0 Å². The highest BCUT2D eigenvalue weighted by Crippen LogP contribution is 2.25. The van der Waals surface area contributed by atoms with E-state index in [2.05, 4.69) is 12.2 Å². The van der Waals surface area contributed by atoms with Gasteiger partial charge in [0, 0.05) is 5.69 Å². The van der Waals surface area contributed by atoms with Gasteiger partial charge in [-0.25, -0.2) is 4.79 Å². The van der Waals surface area contributed by atoms with Crippen LogP contribution in [0.25, 0.3) is 0 Å². The summed E-state index contributed by atoms with van der Waals surface area (Å²) in [5, 5.41) is 3.05. The molecule has 0 heterocycles. The summed E-state index contributed by atoms with van der Waals surface area (Å²) >= 11 is 11.9. The Morgan fingerprint density at radius 2 is 1.67 bits per heavy atom. The third-order valence-corrected chi connectivity index (χ3v) is 4.08. The Hall–Kier alpha value is -2.04. The zero-order chi connectivity index (χ0) is 17.7. The minimum absolute atomic E-state index is 0.0489. The summed E-state index contributed by atoms with van der Waals surface area (Å²) in [5.41, 5.74) is 1.85. The highest BCUT2D eigenvalue weighted by atomic mass is 35.5. The van der Waals surface area contributed by atoms with Crippen molar-refractivity contribution < 1.29 is 14.3 Å². The monoisotopic (exact) mass is 365 g/mol. The molecule has 0 saturated carbocycles. The quantitative estimate of drug-likeness (QED) is 0.778. The van der Waals surface area contributed by atoms with Crippen LogP contribution in [0.5, 0.6) is 0 Å². The number of hydrogen-bond donors (Lipinski definition) is 1. The molecule has 126 valence electrons. The van der Waals surface area contributed by atoms with E-state index in [4.69, 9.17) is 27.9 Å². The van der Waals surface area contributed by atoms with E-state index in [0.717, 1.165) is 6.42 Å². The van der Waals surface area contributed by atoms with Crippen LogP contribution in [0.2, 0.25) is 10.0 Å². The maximum Gasteiger partial charge on any atom is 0.341 e. The van der Waals surface area contributed by atoms with Gasteiger partial charge < -0.3 is 10.1 Å². The van der Waals surface area contributed by atoms with Crippen LogP contribution >= 0.6 is 23.2 Å². The third-order valence-electron chi connectivity index (χ3n) is 3.45. The SMILES string of the molecule is CCc1ccc(NC(=O)[C@@H](C)OC(=O)c2c(Cl)cccc2Cl)cc1. The molecule has 0 aliphatic rings. The lowest BCUT2D eigenvalue weighted by Gasteiger charge is -2.14. The molecule has 0 spiro atoms. The summed E-state index contributed by atoms with van der Waals surface area (Å²) in [5.74, 6) is -1.18. The average molecular weight is 366 g/mol. The minimum atomic E-state index is -0.990. The number of esters is 1. The Balaban J connectivity index is 2.01. The molecule has 1 atom stereocenters. The minimum Gasteiger partial charge on any atom is -0.449 e. The first kappa shape index (κ1) is 18.3. The van der Waals surface area contributed by atoms with Crippen LogP contribution in [-0.4, -0.2) is 18.0 Å². The second kappa shape index (κ2) is 8.18. The molecule has 2 aromatic carbocycles. The fraction of sp³-hybridized carbons (Fsp3) is 0.222. The molecule has 0 aliphatic heterocycles. The van der Waals surface area contributed by atoms with E-state index >= 15 is 0 Å². The van der Waals surface area contributed by atoms with Gasteiger partial charge in [-0.15, -0.1) is 0 Å². The van der Waals surface area contributed by atoms with Gasteiger partial charge >= 0.3 is 5.97 Å². The molecule has 0 saturated heterocycles. The highest BCUT2D eigenvalue weighted by Gasteiger charge is 2.22. The molecule has 0 aliphatic carbocycles. The predicted octanol–water partition coefficient (Wildman–Crippen LogP) is 4.74. The normalized spacial score (nSPS) is 11.7. The summed E-state index contributed by atoms with van der Waals surface area (Å²) in [7, 11) is 0. The van der Waals surface area contributed by atoms with E-state index in [1.54, 1.807) is 18.2 Å². The zero-order valence-electron chi connectivity index (χ0n) is 13.3. The third kappa shape index (κ3) is 4.49. The van der Waals surface area contributed by atoms with Crippen molar-refractivity contribution in [2.24, 2.45) is 0 Å². The number of benzene rings is 2. The topological polar surface area (TPSA) is 55.4 Å². The van der Waals surface area contributed by atoms with E-state index in [9.17, 15) is 9.59 Å². The smallest absolute Gasteiger partial charge is 0.341 e. The van der Waals surface area contributed by atoms with Gasteiger partial charge in [0.25, 0.3) is 5.91 Å².